The van der Waals surface area contributed by atoms with Gasteiger partial charge in [0.1, 0.15) is 0 Å². The number of aryl methyl sites for hydroxylation is 1. The van der Waals surface area contributed by atoms with Gasteiger partial charge in [0.15, 0.2) is 5.13 Å². The van der Waals surface area contributed by atoms with E-state index in [0.717, 1.165) is 35.2 Å². The fourth-order valence-corrected chi connectivity index (χ4v) is 3.03. The van der Waals surface area contributed by atoms with Crippen molar-refractivity contribution < 1.29 is 9.90 Å². The minimum atomic E-state index is -0.914. The summed E-state index contributed by atoms with van der Waals surface area (Å²) in [6.07, 6.45) is 6.12. The van der Waals surface area contributed by atoms with Crippen LogP contribution in [0.5, 0.6) is 0 Å². The average molecular weight is 252 g/mol. The van der Waals surface area contributed by atoms with Crippen molar-refractivity contribution in [3.05, 3.63) is 16.6 Å². The first kappa shape index (κ1) is 12.1. The molecule has 1 N–H and O–H groups in total. The molecule has 1 aliphatic rings. The summed E-state index contributed by atoms with van der Waals surface area (Å²) in [5.74, 6) is -0.914. The van der Waals surface area contributed by atoms with Gasteiger partial charge in [0, 0.05) is 19.2 Å². The molecule has 0 amide bonds. The largest absolute Gasteiger partial charge is 0.478 e. The zero-order valence-electron chi connectivity index (χ0n) is 9.85. The van der Waals surface area contributed by atoms with Crippen molar-refractivity contribution in [3.8, 4) is 0 Å². The van der Waals surface area contributed by atoms with Crippen LogP contribution in [-0.2, 0) is 11.2 Å². The molecule has 0 saturated carbocycles. The molecule has 0 spiro atoms. The molecule has 0 atom stereocenters. The number of aliphatic carboxylic acids is 1. The lowest BCUT2D eigenvalue weighted by molar-refractivity contribution is -0.131. The smallest absolute Gasteiger partial charge is 0.328 e. The second kappa shape index (κ2) is 5.31. The molecule has 2 heterocycles. The van der Waals surface area contributed by atoms with E-state index in [1.807, 2.05) is 6.92 Å². The van der Waals surface area contributed by atoms with Crippen molar-refractivity contribution in [1.82, 2.24) is 4.98 Å². The number of carboxylic acids is 1. The molecule has 4 nitrogen and oxygen atoms in total. The van der Waals surface area contributed by atoms with Crippen molar-refractivity contribution >= 4 is 28.5 Å². The molecule has 1 aromatic heterocycles. The van der Waals surface area contributed by atoms with Gasteiger partial charge in [0.25, 0.3) is 0 Å². The minimum absolute atomic E-state index is 0.837. The summed E-state index contributed by atoms with van der Waals surface area (Å²) in [4.78, 5) is 18.4. The highest BCUT2D eigenvalue weighted by Gasteiger charge is 2.17. The van der Waals surface area contributed by atoms with Gasteiger partial charge in [-0.25, -0.2) is 9.78 Å². The maximum absolute atomic E-state index is 10.5. The van der Waals surface area contributed by atoms with Gasteiger partial charge in [-0.1, -0.05) is 18.3 Å². The van der Waals surface area contributed by atoms with Gasteiger partial charge < -0.3 is 10.0 Å². The highest BCUT2D eigenvalue weighted by atomic mass is 32.1. The number of nitrogens with zero attached hydrogens (tertiary/aromatic N) is 2. The second-order valence-corrected chi connectivity index (χ2v) is 5.04. The molecule has 2 rings (SSSR count). The summed E-state index contributed by atoms with van der Waals surface area (Å²) in [7, 11) is 0. The number of thiazole rings is 1. The second-order valence-electron chi connectivity index (χ2n) is 4.03. The van der Waals surface area contributed by atoms with Gasteiger partial charge in [-0.05, 0) is 25.3 Å². The van der Waals surface area contributed by atoms with E-state index in [0.29, 0.717) is 0 Å². The topological polar surface area (TPSA) is 53.4 Å². The average Bonchev–Trinajstić information content (AvgIpc) is 2.94. The van der Waals surface area contributed by atoms with Crippen molar-refractivity contribution in [3.63, 3.8) is 0 Å². The van der Waals surface area contributed by atoms with Crippen LogP contribution in [0.15, 0.2) is 6.08 Å². The Kier molecular flexibility index (Phi) is 3.78. The number of hydrogen-bond acceptors (Lipinski definition) is 4. The summed E-state index contributed by atoms with van der Waals surface area (Å²) in [6.45, 7) is 4.18. The number of rotatable bonds is 4. The maximum Gasteiger partial charge on any atom is 0.328 e. The van der Waals surface area contributed by atoms with Crippen molar-refractivity contribution in [2.45, 2.75) is 26.2 Å². The normalized spacial score (nSPS) is 15.9. The molecule has 0 aromatic carbocycles. The first-order valence-electron chi connectivity index (χ1n) is 5.86. The van der Waals surface area contributed by atoms with Gasteiger partial charge in [-0.15, -0.1) is 0 Å². The van der Waals surface area contributed by atoms with Gasteiger partial charge in [-0.2, -0.15) is 0 Å². The summed E-state index contributed by atoms with van der Waals surface area (Å²) in [5.41, 5.74) is 0.995. The van der Waals surface area contributed by atoms with Crippen LogP contribution in [-0.4, -0.2) is 29.1 Å². The van der Waals surface area contributed by atoms with E-state index in [1.165, 1.54) is 18.9 Å². The Morgan fingerprint density at radius 1 is 1.53 bits per heavy atom. The summed E-state index contributed by atoms with van der Waals surface area (Å²) in [6, 6.07) is 0. The van der Waals surface area contributed by atoms with Crippen molar-refractivity contribution in [1.29, 1.82) is 0 Å². The van der Waals surface area contributed by atoms with Crippen LogP contribution in [0.25, 0.3) is 6.08 Å². The highest BCUT2D eigenvalue weighted by Crippen LogP contribution is 2.30. The van der Waals surface area contributed by atoms with E-state index in [9.17, 15) is 4.79 Å². The molecular formula is C12H16N2O2S. The van der Waals surface area contributed by atoms with E-state index in [-0.39, 0.29) is 0 Å². The Hall–Kier alpha value is -1.36. The lowest BCUT2D eigenvalue weighted by Crippen LogP contribution is -2.17. The standard InChI is InChI=1S/C12H16N2O2S/c1-2-9-10(5-6-11(15)16)17-12(13-9)14-7-3-4-8-14/h5-6H,2-4,7-8H2,1H3,(H,15,16)/b6-5+. The Morgan fingerprint density at radius 3 is 2.82 bits per heavy atom. The van der Waals surface area contributed by atoms with E-state index in [4.69, 9.17) is 5.11 Å². The van der Waals surface area contributed by atoms with E-state index < -0.39 is 5.97 Å². The fourth-order valence-electron chi connectivity index (χ4n) is 1.92. The zero-order valence-corrected chi connectivity index (χ0v) is 10.7. The van der Waals surface area contributed by atoms with Crippen LogP contribution in [0.1, 0.15) is 30.3 Å². The van der Waals surface area contributed by atoms with Gasteiger partial charge in [-0.3, -0.25) is 0 Å². The van der Waals surface area contributed by atoms with E-state index in [2.05, 4.69) is 9.88 Å². The van der Waals surface area contributed by atoms with Crippen molar-refractivity contribution in [2.75, 3.05) is 18.0 Å². The van der Waals surface area contributed by atoms with Crippen LogP contribution in [0.2, 0.25) is 0 Å². The van der Waals surface area contributed by atoms with Crippen LogP contribution in [0.3, 0.4) is 0 Å². The molecule has 0 unspecified atom stereocenters. The Morgan fingerprint density at radius 2 is 2.24 bits per heavy atom. The number of hydrogen-bond donors (Lipinski definition) is 1. The van der Waals surface area contributed by atoms with E-state index in [1.54, 1.807) is 17.4 Å². The predicted octanol–water partition coefficient (Wildman–Crippen LogP) is 2.40. The minimum Gasteiger partial charge on any atom is -0.478 e. The van der Waals surface area contributed by atoms with Gasteiger partial charge in [0.05, 0.1) is 10.6 Å². The zero-order chi connectivity index (χ0) is 12.3. The molecule has 0 bridgehead atoms. The van der Waals surface area contributed by atoms with Gasteiger partial charge >= 0.3 is 5.97 Å². The molecule has 1 aromatic rings. The van der Waals surface area contributed by atoms with Crippen LogP contribution < -0.4 is 4.90 Å². The quantitative estimate of drug-likeness (QED) is 0.836. The number of aromatic nitrogens is 1. The first-order chi connectivity index (χ1) is 8.20. The highest BCUT2D eigenvalue weighted by molar-refractivity contribution is 7.16. The summed E-state index contributed by atoms with van der Waals surface area (Å²) >= 11 is 1.59. The fraction of sp³-hybridized carbons (Fsp3) is 0.500. The SMILES string of the molecule is CCc1nc(N2CCCC2)sc1/C=C/C(=O)O. The number of carboxylic acid groups (broad SMARTS) is 1. The van der Waals surface area contributed by atoms with Crippen LogP contribution in [0.4, 0.5) is 5.13 Å². The maximum atomic E-state index is 10.5. The lowest BCUT2D eigenvalue weighted by atomic mass is 10.3. The molecule has 0 radical (unpaired) electrons. The summed E-state index contributed by atoms with van der Waals surface area (Å²) in [5, 5.41) is 9.68. The lowest BCUT2D eigenvalue weighted by Gasteiger charge is -2.12. The third kappa shape index (κ3) is 2.85. The molecule has 17 heavy (non-hydrogen) atoms. The summed E-state index contributed by atoms with van der Waals surface area (Å²) < 4.78 is 0. The van der Waals surface area contributed by atoms with Gasteiger partial charge in [0.2, 0.25) is 0 Å². The molecular weight excluding hydrogens is 236 g/mol. The monoisotopic (exact) mass is 252 g/mol. The third-order valence-electron chi connectivity index (χ3n) is 2.81. The third-order valence-corrected chi connectivity index (χ3v) is 3.93. The molecule has 1 fully saturated rings. The molecule has 1 saturated heterocycles. The molecule has 0 aliphatic carbocycles. The number of carbonyl (C=O) groups is 1. The Labute approximate surface area is 105 Å². The first-order valence-corrected chi connectivity index (χ1v) is 6.68. The Bertz CT molecular complexity index is 434. The predicted molar refractivity (Wildman–Crippen MR) is 69.6 cm³/mol. The number of anilines is 1. The van der Waals surface area contributed by atoms with Crippen molar-refractivity contribution in [2.24, 2.45) is 0 Å². The van der Waals surface area contributed by atoms with Crippen LogP contribution in [0, 0.1) is 0 Å². The molecule has 5 heteroatoms. The van der Waals surface area contributed by atoms with Crippen LogP contribution >= 0.6 is 11.3 Å². The Balaban J connectivity index is 2.22. The molecule has 1 aliphatic heterocycles. The van der Waals surface area contributed by atoms with E-state index >= 15 is 0 Å². The molecule has 92 valence electrons.